The molecule has 314 valence electrons. The molecule has 0 aliphatic heterocycles. The fraction of sp³-hybridized carbons (Fsp3) is 0.156. The monoisotopic (exact) mass is 838 g/mol. The van der Waals surface area contributed by atoms with Crippen molar-refractivity contribution in [1.82, 2.24) is 20.6 Å². The van der Waals surface area contributed by atoms with Crippen LogP contribution in [-0.2, 0) is 4.74 Å². The highest BCUT2D eigenvalue weighted by Crippen LogP contribution is 2.28. The third-order valence-electron chi connectivity index (χ3n) is 8.90. The molecule has 12 nitrogen and oxygen atoms in total. The van der Waals surface area contributed by atoms with E-state index in [-0.39, 0.29) is 39.9 Å². The Morgan fingerprint density at radius 1 is 0.574 bits per heavy atom. The Balaban J connectivity index is 0.000000231. The average Bonchev–Trinajstić information content (AvgIpc) is 3.27. The van der Waals surface area contributed by atoms with Crippen LogP contribution in [0.15, 0.2) is 122 Å². The van der Waals surface area contributed by atoms with Gasteiger partial charge in [-0.15, -0.1) is 0 Å². The van der Waals surface area contributed by atoms with Crippen LogP contribution in [-0.4, -0.2) is 45.9 Å². The summed E-state index contributed by atoms with van der Waals surface area (Å²) in [4.78, 5) is 56.0. The summed E-state index contributed by atoms with van der Waals surface area (Å²) in [5, 5.41) is 14.6. The van der Waals surface area contributed by atoms with Gasteiger partial charge >= 0.3 is 11.9 Å². The molecule has 61 heavy (non-hydrogen) atoms. The lowest BCUT2D eigenvalue weighted by molar-refractivity contribution is 0.0599. The number of amides is 2. The number of ether oxygens (including phenoxy) is 3. The van der Waals surface area contributed by atoms with Crippen molar-refractivity contribution in [2.45, 2.75) is 38.8 Å². The molecule has 2 aromatic heterocycles. The maximum atomic E-state index is 13.8. The lowest BCUT2D eigenvalue weighted by atomic mass is 10.0. The van der Waals surface area contributed by atoms with Crippen molar-refractivity contribution >= 4 is 23.8 Å². The van der Waals surface area contributed by atoms with E-state index in [1.165, 1.54) is 67.8 Å². The van der Waals surface area contributed by atoms with Gasteiger partial charge in [0.2, 0.25) is 11.8 Å². The maximum absolute atomic E-state index is 13.8. The van der Waals surface area contributed by atoms with Crippen LogP contribution < -0.4 is 20.1 Å². The first-order valence-electron chi connectivity index (χ1n) is 18.6. The number of hydrogen-bond acceptors (Lipinski definition) is 9. The van der Waals surface area contributed by atoms with Crippen LogP contribution in [0, 0.1) is 23.3 Å². The van der Waals surface area contributed by atoms with Gasteiger partial charge in [-0.3, -0.25) is 9.59 Å². The van der Waals surface area contributed by atoms with Gasteiger partial charge in [0.25, 0.3) is 11.8 Å². The van der Waals surface area contributed by atoms with Crippen LogP contribution in [0.2, 0.25) is 0 Å². The largest absolute Gasteiger partial charge is 0.478 e. The van der Waals surface area contributed by atoms with E-state index in [4.69, 9.17) is 14.6 Å². The first kappa shape index (κ1) is 44.5. The van der Waals surface area contributed by atoms with Crippen molar-refractivity contribution < 1.29 is 56.1 Å². The van der Waals surface area contributed by atoms with Crippen molar-refractivity contribution in [2.24, 2.45) is 0 Å². The Hall–Kier alpha value is -7.62. The molecular weight excluding hydrogens is 801 g/mol. The molecule has 0 bridgehead atoms. The summed E-state index contributed by atoms with van der Waals surface area (Å²) in [6, 6.07) is 24.1. The zero-order valence-corrected chi connectivity index (χ0v) is 32.8. The summed E-state index contributed by atoms with van der Waals surface area (Å²) in [7, 11) is 1.30. The van der Waals surface area contributed by atoms with Gasteiger partial charge in [-0.05, 0) is 109 Å². The summed E-state index contributed by atoms with van der Waals surface area (Å²) in [6.45, 7) is 3.72. The summed E-state index contributed by atoms with van der Waals surface area (Å²) in [6.07, 6.45) is 2.89. The minimum Gasteiger partial charge on any atom is -0.478 e. The normalized spacial score (nSPS) is 11.5. The number of esters is 1. The third kappa shape index (κ3) is 12.2. The summed E-state index contributed by atoms with van der Waals surface area (Å²) in [5.41, 5.74) is 1.74. The van der Waals surface area contributed by atoms with Gasteiger partial charge in [-0.1, -0.05) is 38.1 Å². The number of nitrogens with zero attached hydrogens (tertiary/aromatic N) is 2. The van der Waals surface area contributed by atoms with Crippen molar-refractivity contribution in [1.29, 1.82) is 0 Å². The Morgan fingerprint density at radius 2 is 0.951 bits per heavy atom. The van der Waals surface area contributed by atoms with Crippen LogP contribution in [0.5, 0.6) is 23.3 Å². The minimum absolute atomic E-state index is 0.103. The molecule has 4 aromatic carbocycles. The molecule has 2 amide bonds. The van der Waals surface area contributed by atoms with Gasteiger partial charge in [0, 0.05) is 0 Å². The predicted octanol–water partition coefficient (Wildman–Crippen LogP) is 9.55. The van der Waals surface area contributed by atoms with Crippen LogP contribution in [0.25, 0.3) is 0 Å². The van der Waals surface area contributed by atoms with Crippen molar-refractivity contribution in [3.05, 3.63) is 178 Å². The molecule has 0 fully saturated rings. The Labute approximate surface area is 347 Å². The summed E-state index contributed by atoms with van der Waals surface area (Å²) in [5.74, 6) is -4.78. The Bertz CT molecular complexity index is 2470. The molecule has 0 saturated heterocycles. The molecule has 0 aliphatic carbocycles. The van der Waals surface area contributed by atoms with E-state index in [0.29, 0.717) is 24.0 Å². The molecule has 16 heteroatoms. The average molecular weight is 839 g/mol. The second-order valence-corrected chi connectivity index (χ2v) is 13.0. The number of carbonyl (C=O) groups excluding carboxylic acids is 3. The van der Waals surface area contributed by atoms with Crippen LogP contribution in [0.3, 0.4) is 0 Å². The molecule has 3 N–H and O–H groups in total. The van der Waals surface area contributed by atoms with Crippen LogP contribution >= 0.6 is 0 Å². The van der Waals surface area contributed by atoms with E-state index in [1.54, 1.807) is 36.4 Å². The van der Waals surface area contributed by atoms with Crippen molar-refractivity contribution in [3.8, 4) is 23.3 Å². The SMILES string of the molecule is CCC(NC(=O)c1cc(F)cnc1Oc1ccc(F)cc1)c1ccc(C(=O)O)cc1.CCC(NC(=O)c1cc(F)cnc1Oc1ccc(F)cc1)c1ccc(C(=O)OC)cc1. The van der Waals surface area contributed by atoms with Gasteiger partial charge in [0.15, 0.2) is 0 Å². The quantitative estimate of drug-likeness (QED) is 0.0710. The number of carbonyl (C=O) groups is 4. The molecular formula is C45H38F4N4O8. The second kappa shape index (κ2) is 20.9. The van der Waals surface area contributed by atoms with Crippen LogP contribution in [0.4, 0.5) is 17.6 Å². The highest BCUT2D eigenvalue weighted by Gasteiger charge is 2.22. The summed E-state index contributed by atoms with van der Waals surface area (Å²) >= 11 is 0. The molecule has 0 aliphatic rings. The lowest BCUT2D eigenvalue weighted by Gasteiger charge is -2.19. The van der Waals surface area contributed by atoms with Gasteiger partial charge in [0.05, 0.1) is 42.7 Å². The van der Waals surface area contributed by atoms with E-state index in [1.807, 2.05) is 13.8 Å². The fourth-order valence-corrected chi connectivity index (χ4v) is 5.71. The number of nitrogens with one attached hydrogen (secondary N) is 2. The highest BCUT2D eigenvalue weighted by atomic mass is 19.1. The number of aromatic carboxylic acids is 1. The van der Waals surface area contributed by atoms with Crippen molar-refractivity contribution in [3.63, 3.8) is 0 Å². The molecule has 2 heterocycles. The number of halogens is 4. The molecule has 2 atom stereocenters. The van der Waals surface area contributed by atoms with E-state index in [0.717, 1.165) is 30.1 Å². The molecule has 6 aromatic rings. The zero-order chi connectivity index (χ0) is 44.1. The van der Waals surface area contributed by atoms with Gasteiger partial charge in [-0.25, -0.2) is 37.1 Å². The Morgan fingerprint density at radius 3 is 1.30 bits per heavy atom. The smallest absolute Gasteiger partial charge is 0.337 e. The van der Waals surface area contributed by atoms with Crippen molar-refractivity contribution in [2.75, 3.05) is 7.11 Å². The number of carboxylic acids is 1. The first-order chi connectivity index (χ1) is 29.3. The second-order valence-electron chi connectivity index (χ2n) is 13.0. The van der Waals surface area contributed by atoms with Crippen LogP contribution in [0.1, 0.15) is 91.3 Å². The maximum Gasteiger partial charge on any atom is 0.337 e. The topological polar surface area (TPSA) is 166 Å². The van der Waals surface area contributed by atoms with Gasteiger partial charge < -0.3 is 30.0 Å². The molecule has 0 spiro atoms. The molecule has 0 radical (unpaired) electrons. The van der Waals surface area contributed by atoms with Gasteiger partial charge in [-0.2, -0.15) is 0 Å². The zero-order valence-electron chi connectivity index (χ0n) is 32.8. The fourth-order valence-electron chi connectivity index (χ4n) is 5.71. The van der Waals surface area contributed by atoms with E-state index >= 15 is 0 Å². The molecule has 2 unspecified atom stereocenters. The van der Waals surface area contributed by atoms with E-state index in [9.17, 15) is 36.7 Å². The minimum atomic E-state index is -1.05. The number of pyridine rings is 2. The van der Waals surface area contributed by atoms with E-state index < -0.39 is 59.1 Å². The molecule has 0 saturated carbocycles. The van der Waals surface area contributed by atoms with Gasteiger partial charge in [0.1, 0.15) is 45.9 Å². The number of rotatable bonds is 14. The third-order valence-corrected chi connectivity index (χ3v) is 8.90. The lowest BCUT2D eigenvalue weighted by Crippen LogP contribution is -2.28. The Kier molecular flexibility index (Phi) is 15.2. The van der Waals surface area contributed by atoms with E-state index in [2.05, 4.69) is 25.3 Å². The number of hydrogen-bond donors (Lipinski definition) is 3. The number of carboxylic acid groups (broad SMARTS) is 1. The highest BCUT2D eigenvalue weighted by molar-refractivity contribution is 5.97. The summed E-state index contributed by atoms with van der Waals surface area (Å²) < 4.78 is 69.5. The number of benzene rings is 4. The number of aromatic nitrogens is 2. The first-order valence-corrected chi connectivity index (χ1v) is 18.6. The predicted molar refractivity (Wildman–Crippen MR) is 214 cm³/mol. The molecule has 6 rings (SSSR count). The standard InChI is InChI=1S/C23H20F2N2O4.C22H18F2N2O4/c1-3-20(14-4-6-15(7-5-14)23(29)30-2)27-21(28)19-12-17(25)13-26-22(19)31-18-10-8-16(24)9-11-18;1-2-19(13-3-5-14(6-4-13)22(28)29)26-20(27)18-11-16(24)12-25-21(18)30-17-9-7-15(23)8-10-17/h4-13,20H,3H2,1-2H3,(H,27,28);3-12,19H,2H2,1H3,(H,26,27)(H,28,29). The number of methoxy groups -OCH3 is 1.